The van der Waals surface area contributed by atoms with Gasteiger partial charge in [0.2, 0.25) is 0 Å². The standard InChI is InChI=1S/C16H21N3O4/c1-18(14-7-3-2-4-8-14)16(20)12-23-17-11-13-6-5-9-15(10-13)19(21)22/h5-6,9-11,14H,2-4,7-8,12H2,1H3/b17-11+. The highest BCUT2D eigenvalue weighted by Crippen LogP contribution is 2.21. The number of nitro benzene ring substituents is 1. The first-order chi connectivity index (χ1) is 11.1. The number of nitro groups is 1. The van der Waals surface area contributed by atoms with Crippen LogP contribution in [-0.4, -0.2) is 41.6 Å². The van der Waals surface area contributed by atoms with Crippen LogP contribution in [0.15, 0.2) is 29.4 Å². The number of hydrogen-bond donors (Lipinski definition) is 0. The first-order valence-electron chi connectivity index (χ1n) is 7.73. The molecule has 0 radical (unpaired) electrons. The molecule has 0 spiro atoms. The summed E-state index contributed by atoms with van der Waals surface area (Å²) in [5, 5.41) is 14.4. The molecule has 1 aromatic rings. The molecular formula is C16H21N3O4. The number of non-ortho nitro benzene ring substituents is 1. The van der Waals surface area contributed by atoms with Gasteiger partial charge in [-0.15, -0.1) is 0 Å². The molecular weight excluding hydrogens is 298 g/mol. The highest BCUT2D eigenvalue weighted by molar-refractivity contribution is 5.80. The maximum atomic E-state index is 12.0. The van der Waals surface area contributed by atoms with Crippen molar-refractivity contribution >= 4 is 17.8 Å². The van der Waals surface area contributed by atoms with Gasteiger partial charge in [0.1, 0.15) is 0 Å². The van der Waals surface area contributed by atoms with E-state index in [4.69, 9.17) is 4.84 Å². The van der Waals surface area contributed by atoms with Crippen molar-refractivity contribution in [1.82, 2.24) is 4.90 Å². The van der Waals surface area contributed by atoms with Crippen LogP contribution >= 0.6 is 0 Å². The van der Waals surface area contributed by atoms with E-state index < -0.39 is 4.92 Å². The Morgan fingerprint density at radius 2 is 2.17 bits per heavy atom. The fourth-order valence-corrected chi connectivity index (χ4v) is 2.68. The highest BCUT2D eigenvalue weighted by atomic mass is 16.6. The molecule has 0 aromatic heterocycles. The molecule has 0 saturated heterocycles. The maximum Gasteiger partial charge on any atom is 0.270 e. The van der Waals surface area contributed by atoms with Gasteiger partial charge >= 0.3 is 0 Å². The van der Waals surface area contributed by atoms with Gasteiger partial charge in [-0.25, -0.2) is 0 Å². The predicted octanol–water partition coefficient (Wildman–Crippen LogP) is 2.74. The lowest BCUT2D eigenvalue weighted by atomic mass is 9.94. The van der Waals surface area contributed by atoms with E-state index in [1.165, 1.54) is 24.8 Å². The Hall–Kier alpha value is -2.44. The Bertz CT molecular complexity index is 582. The Morgan fingerprint density at radius 3 is 2.87 bits per heavy atom. The van der Waals surface area contributed by atoms with Crippen LogP contribution in [0, 0.1) is 10.1 Å². The van der Waals surface area contributed by atoms with Gasteiger partial charge in [0.15, 0.2) is 6.61 Å². The van der Waals surface area contributed by atoms with E-state index in [2.05, 4.69) is 5.16 Å². The van der Waals surface area contributed by atoms with Crippen LogP contribution in [-0.2, 0) is 9.63 Å². The Labute approximate surface area is 135 Å². The molecule has 124 valence electrons. The van der Waals surface area contributed by atoms with Crippen molar-refractivity contribution in [2.45, 2.75) is 38.1 Å². The molecule has 1 aliphatic carbocycles. The van der Waals surface area contributed by atoms with Crippen molar-refractivity contribution in [2.24, 2.45) is 5.16 Å². The van der Waals surface area contributed by atoms with Crippen molar-refractivity contribution in [3.8, 4) is 0 Å². The number of rotatable bonds is 6. The molecule has 1 amide bonds. The van der Waals surface area contributed by atoms with E-state index in [1.54, 1.807) is 24.1 Å². The second-order valence-electron chi connectivity index (χ2n) is 5.66. The Kier molecular flexibility index (Phi) is 6.08. The zero-order chi connectivity index (χ0) is 16.7. The summed E-state index contributed by atoms with van der Waals surface area (Å²) < 4.78 is 0. The molecule has 1 saturated carbocycles. The minimum Gasteiger partial charge on any atom is -0.386 e. The quantitative estimate of drug-likeness (QED) is 0.458. The molecule has 0 unspecified atom stereocenters. The number of hydrogen-bond acceptors (Lipinski definition) is 5. The lowest BCUT2D eigenvalue weighted by molar-refractivity contribution is -0.384. The maximum absolute atomic E-state index is 12.0. The summed E-state index contributed by atoms with van der Waals surface area (Å²) in [6, 6.07) is 6.33. The third-order valence-corrected chi connectivity index (χ3v) is 4.06. The van der Waals surface area contributed by atoms with Crippen molar-refractivity contribution in [1.29, 1.82) is 0 Å². The van der Waals surface area contributed by atoms with Crippen LogP contribution < -0.4 is 0 Å². The van der Waals surface area contributed by atoms with Gasteiger partial charge in [0, 0.05) is 30.8 Å². The molecule has 0 atom stereocenters. The Balaban J connectivity index is 1.80. The lowest BCUT2D eigenvalue weighted by Crippen LogP contribution is -2.40. The molecule has 23 heavy (non-hydrogen) atoms. The van der Waals surface area contributed by atoms with Gasteiger partial charge in [-0.1, -0.05) is 36.6 Å². The Morgan fingerprint density at radius 1 is 1.43 bits per heavy atom. The zero-order valence-electron chi connectivity index (χ0n) is 13.2. The van der Waals surface area contributed by atoms with E-state index in [0.29, 0.717) is 11.6 Å². The summed E-state index contributed by atoms with van der Waals surface area (Å²) in [6.07, 6.45) is 7.00. The van der Waals surface area contributed by atoms with Crippen molar-refractivity contribution in [3.63, 3.8) is 0 Å². The zero-order valence-corrected chi connectivity index (χ0v) is 13.2. The molecule has 1 aromatic carbocycles. The van der Waals surface area contributed by atoms with Gasteiger partial charge in [-0.3, -0.25) is 14.9 Å². The minimum absolute atomic E-state index is 0.0120. The number of carbonyl (C=O) groups is 1. The molecule has 7 nitrogen and oxygen atoms in total. The second-order valence-corrected chi connectivity index (χ2v) is 5.66. The van der Waals surface area contributed by atoms with Crippen LogP contribution in [0.5, 0.6) is 0 Å². The van der Waals surface area contributed by atoms with Crippen LogP contribution in [0.2, 0.25) is 0 Å². The highest BCUT2D eigenvalue weighted by Gasteiger charge is 2.22. The largest absolute Gasteiger partial charge is 0.386 e. The first-order valence-corrected chi connectivity index (χ1v) is 7.73. The summed E-state index contributed by atoms with van der Waals surface area (Å²) in [7, 11) is 1.80. The molecule has 1 aliphatic rings. The van der Waals surface area contributed by atoms with Crippen LogP contribution in [0.3, 0.4) is 0 Å². The molecule has 0 heterocycles. The SMILES string of the molecule is CN(C(=O)CO/N=C/c1cccc([N+](=O)[O-])c1)C1CCCCC1. The fourth-order valence-electron chi connectivity index (χ4n) is 2.68. The summed E-state index contributed by atoms with van der Waals surface area (Å²) in [5.41, 5.74) is 0.536. The average Bonchev–Trinajstić information content (AvgIpc) is 2.59. The molecule has 0 aliphatic heterocycles. The smallest absolute Gasteiger partial charge is 0.270 e. The van der Waals surface area contributed by atoms with E-state index in [0.717, 1.165) is 25.7 Å². The topological polar surface area (TPSA) is 85.0 Å². The number of carbonyl (C=O) groups excluding carboxylic acids is 1. The monoisotopic (exact) mass is 319 g/mol. The van der Waals surface area contributed by atoms with Gasteiger partial charge < -0.3 is 9.74 Å². The summed E-state index contributed by atoms with van der Waals surface area (Å²) in [4.78, 5) is 29.0. The van der Waals surface area contributed by atoms with E-state index in [9.17, 15) is 14.9 Å². The third-order valence-electron chi connectivity index (χ3n) is 4.06. The number of amides is 1. The molecule has 0 N–H and O–H groups in total. The fraction of sp³-hybridized carbons (Fsp3) is 0.500. The number of oxime groups is 1. The van der Waals surface area contributed by atoms with Crippen molar-refractivity contribution < 1.29 is 14.6 Å². The number of nitrogens with zero attached hydrogens (tertiary/aromatic N) is 3. The minimum atomic E-state index is -0.471. The summed E-state index contributed by atoms with van der Waals surface area (Å²) in [6.45, 7) is -0.127. The molecule has 2 rings (SSSR count). The molecule has 7 heteroatoms. The first kappa shape index (κ1) is 16.9. The van der Waals surface area contributed by atoms with Crippen molar-refractivity contribution in [3.05, 3.63) is 39.9 Å². The van der Waals surface area contributed by atoms with Crippen LogP contribution in [0.4, 0.5) is 5.69 Å². The normalized spacial score (nSPS) is 15.5. The van der Waals surface area contributed by atoms with Crippen LogP contribution in [0.1, 0.15) is 37.7 Å². The van der Waals surface area contributed by atoms with E-state index in [1.807, 2.05) is 0 Å². The van der Waals surface area contributed by atoms with E-state index in [-0.39, 0.29) is 18.2 Å². The third kappa shape index (κ3) is 5.05. The summed E-state index contributed by atoms with van der Waals surface area (Å²) in [5.74, 6) is -0.104. The predicted molar refractivity (Wildman–Crippen MR) is 86.3 cm³/mol. The average molecular weight is 319 g/mol. The summed E-state index contributed by atoms with van der Waals surface area (Å²) >= 11 is 0. The number of benzene rings is 1. The molecule has 1 fully saturated rings. The van der Waals surface area contributed by atoms with Gasteiger partial charge in [0.05, 0.1) is 11.1 Å². The van der Waals surface area contributed by atoms with E-state index >= 15 is 0 Å². The lowest BCUT2D eigenvalue weighted by Gasteiger charge is -2.30. The molecule has 0 bridgehead atoms. The van der Waals surface area contributed by atoms with Crippen LogP contribution in [0.25, 0.3) is 0 Å². The second kappa shape index (κ2) is 8.26. The van der Waals surface area contributed by atoms with Gasteiger partial charge in [0.25, 0.3) is 11.6 Å². The number of likely N-dealkylation sites (N-methyl/N-ethyl adjacent to an activating group) is 1. The van der Waals surface area contributed by atoms with Crippen molar-refractivity contribution in [2.75, 3.05) is 13.7 Å². The van der Waals surface area contributed by atoms with Gasteiger partial charge in [-0.05, 0) is 12.8 Å². The van der Waals surface area contributed by atoms with Gasteiger partial charge in [-0.2, -0.15) is 0 Å².